The molecule has 0 fully saturated rings. The van der Waals surface area contributed by atoms with Gasteiger partial charge in [-0.3, -0.25) is 0 Å². The van der Waals surface area contributed by atoms with E-state index in [0.29, 0.717) is 13.6 Å². The molecule has 0 amide bonds. The van der Waals surface area contributed by atoms with Crippen molar-refractivity contribution in [2.75, 3.05) is 32.2 Å². The third kappa shape index (κ3) is 11.8. The van der Waals surface area contributed by atoms with Crippen molar-refractivity contribution in [1.82, 2.24) is 0 Å². The van der Waals surface area contributed by atoms with E-state index < -0.39 is 0 Å². The van der Waals surface area contributed by atoms with E-state index in [4.69, 9.17) is 18.9 Å². The highest BCUT2D eigenvalue weighted by molar-refractivity contribution is 14.1. The Morgan fingerprint density at radius 3 is 2.11 bits per heavy atom. The number of unbranched alkanes of at least 4 members (excludes halogenated alkanes) is 1. The SMILES string of the molecule is C=CCCC[C@@H](C[C@H](CCI)OCOC)OCOC. The zero-order valence-electron chi connectivity index (χ0n) is 12.1. The highest BCUT2D eigenvalue weighted by atomic mass is 127. The van der Waals surface area contributed by atoms with Crippen LogP contribution in [-0.4, -0.2) is 44.4 Å². The van der Waals surface area contributed by atoms with Gasteiger partial charge in [-0.05, 0) is 25.7 Å². The molecule has 0 unspecified atom stereocenters. The van der Waals surface area contributed by atoms with Crippen molar-refractivity contribution in [2.45, 2.75) is 44.3 Å². The highest BCUT2D eigenvalue weighted by Gasteiger charge is 2.17. The minimum absolute atomic E-state index is 0.171. The second kappa shape index (κ2) is 14.7. The maximum Gasteiger partial charge on any atom is 0.146 e. The lowest BCUT2D eigenvalue weighted by Gasteiger charge is -2.23. The van der Waals surface area contributed by atoms with Gasteiger partial charge in [-0.15, -0.1) is 6.58 Å². The monoisotopic (exact) mass is 386 g/mol. The number of methoxy groups -OCH3 is 2. The fraction of sp³-hybridized carbons (Fsp3) is 0.857. The fourth-order valence-corrected chi connectivity index (χ4v) is 2.47. The van der Waals surface area contributed by atoms with Crippen molar-refractivity contribution in [3.8, 4) is 0 Å². The molecular weight excluding hydrogens is 359 g/mol. The fourth-order valence-electron chi connectivity index (χ4n) is 1.77. The van der Waals surface area contributed by atoms with Gasteiger partial charge in [0.15, 0.2) is 0 Å². The molecule has 114 valence electrons. The minimum atomic E-state index is 0.171. The summed E-state index contributed by atoms with van der Waals surface area (Å²) in [6, 6.07) is 0. The molecule has 0 saturated heterocycles. The van der Waals surface area contributed by atoms with Crippen LogP contribution in [0.25, 0.3) is 0 Å². The third-order valence-electron chi connectivity index (χ3n) is 2.73. The second-order valence-electron chi connectivity index (χ2n) is 4.32. The van der Waals surface area contributed by atoms with Gasteiger partial charge in [0.05, 0.1) is 12.2 Å². The number of ether oxygens (including phenoxy) is 4. The van der Waals surface area contributed by atoms with Gasteiger partial charge in [-0.25, -0.2) is 0 Å². The van der Waals surface area contributed by atoms with E-state index in [1.165, 1.54) is 0 Å². The van der Waals surface area contributed by atoms with Gasteiger partial charge in [-0.1, -0.05) is 28.7 Å². The molecular formula is C14H27IO4. The minimum Gasteiger partial charge on any atom is -0.359 e. The number of hydrogen-bond donors (Lipinski definition) is 0. The van der Waals surface area contributed by atoms with Gasteiger partial charge in [0.25, 0.3) is 0 Å². The Hall–Kier alpha value is 0.310. The first-order valence-electron chi connectivity index (χ1n) is 6.66. The Balaban J connectivity index is 4.15. The van der Waals surface area contributed by atoms with Gasteiger partial charge in [0.1, 0.15) is 13.6 Å². The normalized spacial score (nSPS) is 14.3. The summed E-state index contributed by atoms with van der Waals surface area (Å²) in [5.41, 5.74) is 0. The zero-order valence-corrected chi connectivity index (χ0v) is 14.3. The molecule has 4 nitrogen and oxygen atoms in total. The summed E-state index contributed by atoms with van der Waals surface area (Å²) >= 11 is 2.37. The molecule has 5 heteroatoms. The van der Waals surface area contributed by atoms with Crippen LogP contribution in [0, 0.1) is 0 Å². The van der Waals surface area contributed by atoms with E-state index >= 15 is 0 Å². The lowest BCUT2D eigenvalue weighted by Crippen LogP contribution is -2.25. The maximum atomic E-state index is 5.71. The summed E-state index contributed by atoms with van der Waals surface area (Å²) in [6.07, 6.45) is 7.29. The van der Waals surface area contributed by atoms with E-state index in [1.807, 2.05) is 6.08 Å². The smallest absolute Gasteiger partial charge is 0.146 e. The van der Waals surface area contributed by atoms with Crippen LogP contribution in [0.1, 0.15) is 32.1 Å². The first kappa shape index (κ1) is 19.3. The van der Waals surface area contributed by atoms with Crippen molar-refractivity contribution in [2.24, 2.45) is 0 Å². The molecule has 0 N–H and O–H groups in total. The van der Waals surface area contributed by atoms with Crippen LogP contribution >= 0.6 is 22.6 Å². The summed E-state index contributed by atoms with van der Waals surface area (Å²) in [5, 5.41) is 0. The van der Waals surface area contributed by atoms with Crippen LogP contribution in [0.15, 0.2) is 12.7 Å². The second-order valence-corrected chi connectivity index (χ2v) is 5.40. The average molecular weight is 386 g/mol. The quantitative estimate of drug-likeness (QED) is 0.151. The Kier molecular flexibility index (Phi) is 15.0. The number of alkyl halides is 1. The number of halogens is 1. The highest BCUT2D eigenvalue weighted by Crippen LogP contribution is 2.16. The molecule has 2 atom stereocenters. The van der Waals surface area contributed by atoms with Gasteiger partial charge < -0.3 is 18.9 Å². The third-order valence-corrected chi connectivity index (χ3v) is 3.36. The lowest BCUT2D eigenvalue weighted by atomic mass is 10.0. The molecule has 0 radical (unpaired) electrons. The summed E-state index contributed by atoms with van der Waals surface area (Å²) in [4.78, 5) is 0. The molecule has 0 aromatic rings. The number of allylic oxidation sites excluding steroid dienone is 1. The topological polar surface area (TPSA) is 36.9 Å². The Labute approximate surface area is 131 Å². The zero-order chi connectivity index (χ0) is 14.3. The predicted octanol–water partition coefficient (Wildman–Crippen LogP) is 3.54. The van der Waals surface area contributed by atoms with Crippen molar-refractivity contribution in [1.29, 1.82) is 0 Å². The molecule has 19 heavy (non-hydrogen) atoms. The first-order valence-corrected chi connectivity index (χ1v) is 8.18. The van der Waals surface area contributed by atoms with Crippen molar-refractivity contribution >= 4 is 22.6 Å². The van der Waals surface area contributed by atoms with Crippen LogP contribution < -0.4 is 0 Å². The molecule has 0 aliphatic heterocycles. The summed E-state index contributed by atoms with van der Waals surface area (Å²) < 4.78 is 22.4. The molecule has 0 saturated carbocycles. The summed E-state index contributed by atoms with van der Waals surface area (Å²) in [6.45, 7) is 4.41. The molecule has 0 rings (SSSR count). The van der Waals surface area contributed by atoms with Crippen molar-refractivity contribution in [3.05, 3.63) is 12.7 Å². The standard InChI is InChI=1S/C14H27IO4/c1-4-5-6-7-13(18-11-16-2)10-14(8-9-15)19-12-17-3/h4,13-14H,1,5-12H2,2-3H3/t13-,14-/m0/s1. The average Bonchev–Trinajstić information content (AvgIpc) is 2.42. The molecule has 0 aliphatic rings. The summed E-state index contributed by atoms with van der Waals surface area (Å²) in [7, 11) is 3.29. The molecule has 0 aliphatic carbocycles. The molecule has 0 aromatic carbocycles. The van der Waals surface area contributed by atoms with Gasteiger partial charge in [-0.2, -0.15) is 0 Å². The van der Waals surface area contributed by atoms with Crippen molar-refractivity contribution in [3.63, 3.8) is 0 Å². The van der Waals surface area contributed by atoms with E-state index in [9.17, 15) is 0 Å². The van der Waals surface area contributed by atoms with E-state index in [2.05, 4.69) is 29.2 Å². The maximum absolute atomic E-state index is 5.71. The number of hydrogen-bond acceptors (Lipinski definition) is 4. The van der Waals surface area contributed by atoms with Crippen LogP contribution in [0.3, 0.4) is 0 Å². The largest absolute Gasteiger partial charge is 0.359 e. The first-order chi connectivity index (χ1) is 9.28. The van der Waals surface area contributed by atoms with Gasteiger partial charge in [0.2, 0.25) is 0 Å². The van der Waals surface area contributed by atoms with Crippen molar-refractivity contribution < 1.29 is 18.9 Å². The predicted molar refractivity (Wildman–Crippen MR) is 85.7 cm³/mol. The van der Waals surface area contributed by atoms with Crippen LogP contribution in [0.5, 0.6) is 0 Å². The van der Waals surface area contributed by atoms with Gasteiger partial charge >= 0.3 is 0 Å². The number of rotatable bonds is 14. The lowest BCUT2D eigenvalue weighted by molar-refractivity contribution is -0.116. The van der Waals surface area contributed by atoms with E-state index in [1.54, 1.807) is 14.2 Å². The van der Waals surface area contributed by atoms with E-state index in [0.717, 1.165) is 36.5 Å². The van der Waals surface area contributed by atoms with Crippen LogP contribution in [0.4, 0.5) is 0 Å². The Morgan fingerprint density at radius 1 is 1.05 bits per heavy atom. The van der Waals surface area contributed by atoms with E-state index in [-0.39, 0.29) is 12.2 Å². The Morgan fingerprint density at radius 2 is 1.63 bits per heavy atom. The Bertz CT molecular complexity index is 202. The molecule has 0 heterocycles. The molecule has 0 bridgehead atoms. The van der Waals surface area contributed by atoms with Gasteiger partial charge in [0, 0.05) is 25.1 Å². The molecule has 0 spiro atoms. The summed E-state index contributed by atoms with van der Waals surface area (Å²) in [5.74, 6) is 0. The molecule has 0 aromatic heterocycles. The van der Waals surface area contributed by atoms with Crippen LogP contribution in [0.2, 0.25) is 0 Å². The van der Waals surface area contributed by atoms with Crippen LogP contribution in [-0.2, 0) is 18.9 Å².